The van der Waals surface area contributed by atoms with Crippen LogP contribution in [0.15, 0.2) is 36.4 Å². The van der Waals surface area contributed by atoms with Crippen LogP contribution in [0.5, 0.6) is 0 Å². The Hall–Kier alpha value is -2.20. The third-order valence-corrected chi connectivity index (χ3v) is 3.20. The number of amides is 1. The number of carbonyl (C=O) groups is 1. The molecule has 2 rings (SSSR count). The van der Waals surface area contributed by atoms with Gasteiger partial charge in [0.1, 0.15) is 0 Å². The Morgan fingerprint density at radius 1 is 1.20 bits per heavy atom. The number of benzene rings is 1. The highest BCUT2D eigenvalue weighted by atomic mass is 16.7. The normalized spacial score (nSPS) is 10.4. The Labute approximate surface area is 119 Å². The van der Waals surface area contributed by atoms with E-state index in [-0.39, 0.29) is 5.91 Å². The lowest BCUT2D eigenvalue weighted by Crippen LogP contribution is -2.25. The summed E-state index contributed by atoms with van der Waals surface area (Å²) in [4.78, 5) is 21.4. The molecule has 2 aromatic rings. The molecule has 1 aromatic carbocycles. The van der Waals surface area contributed by atoms with Gasteiger partial charge in [0.2, 0.25) is 0 Å². The second kappa shape index (κ2) is 5.84. The molecule has 0 radical (unpaired) electrons. The molecule has 20 heavy (non-hydrogen) atoms. The summed E-state index contributed by atoms with van der Waals surface area (Å²) in [5, 5.41) is 1.21. The van der Waals surface area contributed by atoms with E-state index in [1.165, 1.54) is 12.2 Å². The average molecular weight is 270 g/mol. The minimum atomic E-state index is -0.167. The Balaban J connectivity index is 2.38. The van der Waals surface area contributed by atoms with Crippen molar-refractivity contribution in [2.75, 3.05) is 14.2 Å². The van der Waals surface area contributed by atoms with Gasteiger partial charge in [0.05, 0.1) is 12.8 Å². The molecule has 1 heterocycles. The zero-order valence-electron chi connectivity index (χ0n) is 12.2. The van der Waals surface area contributed by atoms with Gasteiger partial charge in [-0.2, -0.15) is 0 Å². The van der Waals surface area contributed by atoms with E-state index in [9.17, 15) is 4.79 Å². The molecule has 0 aliphatic rings. The number of hydrogen-bond donors (Lipinski definition) is 0. The summed E-state index contributed by atoms with van der Waals surface area (Å²) in [5.41, 5.74) is 4.54. The van der Waals surface area contributed by atoms with Crippen molar-refractivity contribution in [3.8, 4) is 11.3 Å². The van der Waals surface area contributed by atoms with Crippen molar-refractivity contribution in [2.45, 2.75) is 13.8 Å². The maximum absolute atomic E-state index is 12.0. The van der Waals surface area contributed by atoms with Crippen LogP contribution in [0, 0.1) is 13.8 Å². The average Bonchev–Trinajstić information content (AvgIpc) is 2.45. The second-order valence-electron chi connectivity index (χ2n) is 4.68. The maximum atomic E-state index is 12.0. The number of hydroxylamine groups is 2. The van der Waals surface area contributed by atoms with E-state index in [1.807, 2.05) is 44.2 Å². The minimum absolute atomic E-state index is 0.167. The largest absolute Gasteiger partial charge is 0.277 e. The van der Waals surface area contributed by atoms with Crippen molar-refractivity contribution in [3.63, 3.8) is 0 Å². The molecule has 0 spiro atoms. The van der Waals surface area contributed by atoms with Crippen molar-refractivity contribution in [1.29, 1.82) is 0 Å². The van der Waals surface area contributed by atoms with Gasteiger partial charge in [-0.25, -0.2) is 5.06 Å². The van der Waals surface area contributed by atoms with Gasteiger partial charge in [0, 0.05) is 23.9 Å². The van der Waals surface area contributed by atoms with Gasteiger partial charge in [-0.05, 0) is 43.7 Å². The third kappa shape index (κ3) is 2.86. The molecule has 0 N–H and O–H groups in total. The van der Waals surface area contributed by atoms with Crippen molar-refractivity contribution in [2.24, 2.45) is 0 Å². The predicted octanol–water partition coefficient (Wildman–Crippen LogP) is 3.00. The first-order chi connectivity index (χ1) is 9.52. The van der Waals surface area contributed by atoms with Crippen LogP contribution >= 0.6 is 0 Å². The lowest BCUT2D eigenvalue weighted by Gasteiger charge is -2.14. The van der Waals surface area contributed by atoms with Crippen LogP contribution in [0.4, 0.5) is 0 Å². The van der Waals surface area contributed by atoms with Gasteiger partial charge in [-0.1, -0.05) is 12.1 Å². The van der Waals surface area contributed by atoms with E-state index in [0.717, 1.165) is 22.5 Å². The summed E-state index contributed by atoms with van der Waals surface area (Å²) in [5.74, 6) is -0.167. The van der Waals surface area contributed by atoms with Crippen LogP contribution in [0.25, 0.3) is 11.3 Å². The van der Waals surface area contributed by atoms with Gasteiger partial charge in [-0.3, -0.25) is 14.6 Å². The van der Waals surface area contributed by atoms with Crippen molar-refractivity contribution >= 4 is 5.91 Å². The van der Waals surface area contributed by atoms with Crippen molar-refractivity contribution < 1.29 is 9.63 Å². The molecule has 0 aliphatic carbocycles. The number of aromatic nitrogens is 1. The molecular weight excluding hydrogens is 252 g/mol. The molecule has 0 saturated carbocycles. The first kappa shape index (κ1) is 14.2. The van der Waals surface area contributed by atoms with E-state index in [1.54, 1.807) is 13.1 Å². The maximum Gasteiger partial charge on any atom is 0.277 e. The zero-order valence-corrected chi connectivity index (χ0v) is 12.2. The molecular formula is C16H18N2O2. The molecule has 104 valence electrons. The fourth-order valence-electron chi connectivity index (χ4n) is 2.04. The molecule has 4 nitrogen and oxygen atoms in total. The molecule has 0 unspecified atom stereocenters. The molecule has 0 atom stereocenters. The monoisotopic (exact) mass is 270 g/mol. The second-order valence-corrected chi connectivity index (χ2v) is 4.68. The van der Waals surface area contributed by atoms with Crippen LogP contribution in [0.1, 0.15) is 21.6 Å². The van der Waals surface area contributed by atoms with Gasteiger partial charge >= 0.3 is 0 Å². The standard InChI is InChI=1S/C16H18N2O2/c1-11-10-13(16(19)18(3)20-4)8-9-14(11)15-7-5-6-12(2)17-15/h5-10H,1-4H3. The van der Waals surface area contributed by atoms with Crippen LogP contribution in [0.3, 0.4) is 0 Å². The highest BCUT2D eigenvalue weighted by Crippen LogP contribution is 2.23. The highest BCUT2D eigenvalue weighted by molar-refractivity contribution is 5.94. The number of rotatable bonds is 3. The lowest BCUT2D eigenvalue weighted by atomic mass is 10.0. The topological polar surface area (TPSA) is 42.4 Å². The summed E-state index contributed by atoms with van der Waals surface area (Å²) >= 11 is 0. The quantitative estimate of drug-likeness (QED) is 0.805. The minimum Gasteiger partial charge on any atom is -0.274 e. The Morgan fingerprint density at radius 3 is 2.55 bits per heavy atom. The molecule has 4 heteroatoms. The van der Waals surface area contributed by atoms with E-state index in [2.05, 4.69) is 4.98 Å². The Bertz CT molecular complexity index is 638. The summed E-state index contributed by atoms with van der Waals surface area (Å²) in [6.07, 6.45) is 0. The lowest BCUT2D eigenvalue weighted by molar-refractivity contribution is -0.0757. The highest BCUT2D eigenvalue weighted by Gasteiger charge is 2.13. The number of hydrogen-bond acceptors (Lipinski definition) is 3. The smallest absolute Gasteiger partial charge is 0.274 e. The molecule has 1 amide bonds. The number of carbonyl (C=O) groups excluding carboxylic acids is 1. The van der Waals surface area contributed by atoms with E-state index >= 15 is 0 Å². The van der Waals surface area contributed by atoms with Crippen molar-refractivity contribution in [3.05, 3.63) is 53.2 Å². The molecule has 1 aromatic heterocycles. The summed E-state index contributed by atoms with van der Waals surface area (Å²) < 4.78 is 0. The van der Waals surface area contributed by atoms with Crippen molar-refractivity contribution in [1.82, 2.24) is 10.0 Å². The molecule has 0 saturated heterocycles. The van der Waals surface area contributed by atoms with Crippen LogP contribution in [0.2, 0.25) is 0 Å². The zero-order chi connectivity index (χ0) is 14.7. The number of aryl methyl sites for hydroxylation is 2. The predicted molar refractivity (Wildman–Crippen MR) is 78.2 cm³/mol. The fourth-order valence-corrected chi connectivity index (χ4v) is 2.04. The van der Waals surface area contributed by atoms with Crippen LogP contribution in [-0.4, -0.2) is 30.1 Å². The molecule has 0 bridgehead atoms. The summed E-state index contributed by atoms with van der Waals surface area (Å²) in [6, 6.07) is 11.5. The Kier molecular flexibility index (Phi) is 4.15. The summed E-state index contributed by atoms with van der Waals surface area (Å²) in [7, 11) is 3.06. The van der Waals surface area contributed by atoms with E-state index < -0.39 is 0 Å². The van der Waals surface area contributed by atoms with E-state index in [4.69, 9.17) is 4.84 Å². The van der Waals surface area contributed by atoms with E-state index in [0.29, 0.717) is 5.56 Å². The fraction of sp³-hybridized carbons (Fsp3) is 0.250. The van der Waals surface area contributed by atoms with Crippen LogP contribution in [-0.2, 0) is 4.84 Å². The van der Waals surface area contributed by atoms with Crippen LogP contribution < -0.4 is 0 Å². The first-order valence-electron chi connectivity index (χ1n) is 6.40. The first-order valence-corrected chi connectivity index (χ1v) is 6.40. The molecule has 0 fully saturated rings. The number of pyridine rings is 1. The van der Waals surface area contributed by atoms with Gasteiger partial charge in [0.25, 0.3) is 5.91 Å². The molecule has 0 aliphatic heterocycles. The Morgan fingerprint density at radius 2 is 1.95 bits per heavy atom. The number of nitrogens with zero attached hydrogens (tertiary/aromatic N) is 2. The summed E-state index contributed by atoms with van der Waals surface area (Å²) in [6.45, 7) is 3.94. The van der Waals surface area contributed by atoms with Gasteiger partial charge < -0.3 is 0 Å². The van der Waals surface area contributed by atoms with Gasteiger partial charge in [0.15, 0.2) is 0 Å². The third-order valence-electron chi connectivity index (χ3n) is 3.20. The van der Waals surface area contributed by atoms with Gasteiger partial charge in [-0.15, -0.1) is 0 Å². The SMILES string of the molecule is CON(C)C(=O)c1ccc(-c2cccc(C)n2)c(C)c1.